The van der Waals surface area contributed by atoms with Crippen molar-refractivity contribution in [2.75, 3.05) is 36.5 Å². The number of aromatic nitrogens is 1. The Bertz CT molecular complexity index is 1390. The van der Waals surface area contributed by atoms with Crippen LogP contribution in [-0.4, -0.2) is 65.3 Å². The standard InChI is InChI=1S/C26H26ClFN4O4/c1-26(2,3)36-25(35)31-8-9-32-20(13-31)24(34)30(4)19-12-29-18-11-14(16(27)10-15(18)23(19)32)22-17(28)6-5-7-21(22)33/h5-7,10-12,20,33H,8-9,13H2,1-4H3. The quantitative estimate of drug-likeness (QED) is 0.504. The summed E-state index contributed by atoms with van der Waals surface area (Å²) in [7, 11) is 1.67. The van der Waals surface area contributed by atoms with Crippen molar-refractivity contribution in [1.29, 1.82) is 0 Å². The van der Waals surface area contributed by atoms with Gasteiger partial charge in [0.05, 0.1) is 35.2 Å². The fourth-order valence-corrected chi connectivity index (χ4v) is 5.06. The number of benzene rings is 2. The SMILES string of the molecule is CN1C(=O)C2CN(C(=O)OC(C)(C)C)CCN2c2c1cnc1cc(-c3c(O)cccc3F)c(Cl)cc21. The van der Waals surface area contributed by atoms with Gasteiger partial charge < -0.3 is 24.5 Å². The molecule has 188 valence electrons. The van der Waals surface area contributed by atoms with Crippen molar-refractivity contribution in [3.63, 3.8) is 0 Å². The zero-order valence-corrected chi connectivity index (χ0v) is 21.1. The largest absolute Gasteiger partial charge is 0.507 e. The first-order chi connectivity index (χ1) is 17.0. The number of aromatic hydroxyl groups is 1. The Morgan fingerprint density at radius 2 is 2.00 bits per heavy atom. The van der Waals surface area contributed by atoms with Gasteiger partial charge in [0.25, 0.3) is 5.91 Å². The van der Waals surface area contributed by atoms with Crippen LogP contribution in [0.2, 0.25) is 5.02 Å². The minimum absolute atomic E-state index is 0.0000630. The Morgan fingerprint density at radius 1 is 1.25 bits per heavy atom. The van der Waals surface area contributed by atoms with Crippen molar-refractivity contribution in [3.8, 4) is 16.9 Å². The van der Waals surface area contributed by atoms with Crippen molar-refractivity contribution in [2.24, 2.45) is 0 Å². The number of likely N-dealkylation sites (N-methyl/N-ethyl adjacent to an activating group) is 1. The van der Waals surface area contributed by atoms with Crippen molar-refractivity contribution in [1.82, 2.24) is 9.88 Å². The molecule has 2 aliphatic heterocycles. The minimum atomic E-state index is -0.642. The van der Waals surface area contributed by atoms with Crippen LogP contribution in [-0.2, 0) is 9.53 Å². The van der Waals surface area contributed by atoms with Gasteiger partial charge in [-0.2, -0.15) is 0 Å². The van der Waals surface area contributed by atoms with E-state index < -0.39 is 23.6 Å². The van der Waals surface area contributed by atoms with E-state index >= 15 is 0 Å². The maximum atomic E-state index is 14.6. The number of carbonyl (C=O) groups is 2. The maximum Gasteiger partial charge on any atom is 0.410 e. The summed E-state index contributed by atoms with van der Waals surface area (Å²) in [6, 6.07) is 6.79. The summed E-state index contributed by atoms with van der Waals surface area (Å²) in [5.41, 5.74) is 1.59. The van der Waals surface area contributed by atoms with Gasteiger partial charge in [-0.15, -0.1) is 0 Å². The van der Waals surface area contributed by atoms with Crippen LogP contribution in [0.1, 0.15) is 20.8 Å². The molecule has 2 aliphatic rings. The van der Waals surface area contributed by atoms with E-state index in [4.69, 9.17) is 16.3 Å². The highest BCUT2D eigenvalue weighted by Crippen LogP contribution is 2.45. The normalized spacial score (nSPS) is 17.8. The van der Waals surface area contributed by atoms with Crippen LogP contribution in [0.3, 0.4) is 0 Å². The lowest BCUT2D eigenvalue weighted by Gasteiger charge is -2.47. The Balaban J connectivity index is 1.58. The molecule has 0 aliphatic carbocycles. The van der Waals surface area contributed by atoms with Gasteiger partial charge >= 0.3 is 6.09 Å². The number of nitrogens with zero attached hydrogens (tertiary/aromatic N) is 4. The molecule has 8 nitrogen and oxygen atoms in total. The number of phenolic OH excluding ortho intramolecular Hbond substituents is 1. The van der Waals surface area contributed by atoms with Crippen LogP contribution in [0.25, 0.3) is 22.0 Å². The molecule has 10 heteroatoms. The third-order valence-electron chi connectivity index (χ3n) is 6.47. The molecule has 1 unspecified atom stereocenters. The van der Waals surface area contributed by atoms with Crippen LogP contribution in [0.5, 0.6) is 5.75 Å². The number of rotatable bonds is 1. The molecule has 2 aromatic carbocycles. The molecule has 1 saturated heterocycles. The summed E-state index contributed by atoms with van der Waals surface area (Å²) in [6.45, 7) is 6.36. The summed E-state index contributed by atoms with van der Waals surface area (Å²) < 4.78 is 20.1. The zero-order valence-electron chi connectivity index (χ0n) is 20.4. The molecule has 3 aromatic rings. The Morgan fingerprint density at radius 3 is 2.69 bits per heavy atom. The van der Waals surface area contributed by atoms with Gasteiger partial charge in [0, 0.05) is 36.1 Å². The summed E-state index contributed by atoms with van der Waals surface area (Å²) >= 11 is 6.62. The average molecular weight is 513 g/mol. The molecule has 1 aromatic heterocycles. The molecular formula is C26H26ClFN4O4. The first kappa shape index (κ1) is 24.1. The topological polar surface area (TPSA) is 86.2 Å². The molecule has 1 atom stereocenters. The smallest absolute Gasteiger partial charge is 0.410 e. The van der Waals surface area contributed by atoms with Gasteiger partial charge in [-0.3, -0.25) is 9.78 Å². The number of fused-ring (bicyclic) bond motifs is 5. The van der Waals surface area contributed by atoms with Crippen LogP contribution in [0, 0.1) is 5.82 Å². The molecule has 5 rings (SSSR count). The minimum Gasteiger partial charge on any atom is -0.507 e. The predicted octanol–water partition coefficient (Wildman–Crippen LogP) is 4.80. The van der Waals surface area contributed by atoms with Gasteiger partial charge in [-0.25, -0.2) is 9.18 Å². The number of piperazine rings is 1. The van der Waals surface area contributed by atoms with Gasteiger partial charge in [-0.1, -0.05) is 17.7 Å². The van der Waals surface area contributed by atoms with Crippen LogP contribution in [0.15, 0.2) is 36.5 Å². The van der Waals surface area contributed by atoms with Gasteiger partial charge in [-0.05, 0) is 45.0 Å². The number of halogens is 2. The van der Waals surface area contributed by atoms with Gasteiger partial charge in [0.15, 0.2) is 0 Å². The molecule has 0 bridgehead atoms. The lowest BCUT2D eigenvalue weighted by atomic mass is 9.98. The molecule has 2 amide bonds. The third-order valence-corrected chi connectivity index (χ3v) is 6.78. The number of ether oxygens (including phenoxy) is 1. The Labute approximate surface area is 212 Å². The second-order valence-electron chi connectivity index (χ2n) is 10.0. The average Bonchev–Trinajstić information content (AvgIpc) is 2.80. The lowest BCUT2D eigenvalue weighted by Crippen LogP contribution is -2.63. The second kappa shape index (κ2) is 8.51. The summed E-state index contributed by atoms with van der Waals surface area (Å²) in [6.07, 6.45) is 1.14. The number of hydrogen-bond donors (Lipinski definition) is 1. The van der Waals surface area contributed by atoms with Gasteiger partial charge in [0.1, 0.15) is 23.2 Å². The van der Waals surface area contributed by atoms with Crippen molar-refractivity contribution >= 4 is 45.9 Å². The Hall–Kier alpha value is -3.59. The summed E-state index contributed by atoms with van der Waals surface area (Å²) in [4.78, 5) is 35.5. The fraction of sp³-hybridized carbons (Fsp3) is 0.346. The fourth-order valence-electron chi connectivity index (χ4n) is 4.80. The monoisotopic (exact) mass is 512 g/mol. The number of anilines is 2. The molecule has 0 radical (unpaired) electrons. The van der Waals surface area contributed by atoms with Crippen molar-refractivity contribution in [3.05, 3.63) is 47.4 Å². The van der Waals surface area contributed by atoms with Crippen LogP contribution in [0.4, 0.5) is 20.6 Å². The van der Waals surface area contributed by atoms with E-state index in [-0.39, 0.29) is 28.8 Å². The number of amides is 2. The molecular weight excluding hydrogens is 487 g/mol. The van der Waals surface area contributed by atoms with Crippen LogP contribution < -0.4 is 9.80 Å². The van der Waals surface area contributed by atoms with Crippen molar-refractivity contribution < 1.29 is 23.8 Å². The molecule has 36 heavy (non-hydrogen) atoms. The third kappa shape index (κ3) is 3.97. The first-order valence-electron chi connectivity index (χ1n) is 11.6. The first-order valence-corrected chi connectivity index (χ1v) is 12.0. The van der Waals surface area contributed by atoms with E-state index in [9.17, 15) is 19.1 Å². The van der Waals surface area contributed by atoms with Crippen molar-refractivity contribution in [2.45, 2.75) is 32.4 Å². The number of pyridine rings is 1. The number of hydrogen-bond acceptors (Lipinski definition) is 6. The highest BCUT2D eigenvalue weighted by atomic mass is 35.5. The molecule has 0 saturated carbocycles. The number of carbonyl (C=O) groups excluding carboxylic acids is 2. The highest BCUT2D eigenvalue weighted by Gasteiger charge is 2.43. The predicted molar refractivity (Wildman–Crippen MR) is 136 cm³/mol. The molecule has 0 spiro atoms. The second-order valence-corrected chi connectivity index (χ2v) is 10.4. The van der Waals surface area contributed by atoms with E-state index in [0.29, 0.717) is 35.2 Å². The Kier molecular flexibility index (Phi) is 5.70. The number of phenols is 1. The van der Waals surface area contributed by atoms with E-state index in [0.717, 1.165) is 5.69 Å². The zero-order chi connectivity index (χ0) is 25.9. The van der Waals surface area contributed by atoms with E-state index in [2.05, 4.69) is 4.98 Å². The van der Waals surface area contributed by atoms with E-state index in [1.807, 2.05) is 4.90 Å². The summed E-state index contributed by atoms with van der Waals surface area (Å²) in [5, 5.41) is 11.2. The molecule has 1 fully saturated rings. The van der Waals surface area contributed by atoms with Crippen LogP contribution >= 0.6 is 11.6 Å². The molecule has 1 N–H and O–H groups in total. The highest BCUT2D eigenvalue weighted by molar-refractivity contribution is 6.34. The van der Waals surface area contributed by atoms with E-state index in [1.54, 1.807) is 51.0 Å². The summed E-state index contributed by atoms with van der Waals surface area (Å²) in [5.74, 6) is -0.980. The lowest BCUT2D eigenvalue weighted by molar-refractivity contribution is -0.120. The van der Waals surface area contributed by atoms with E-state index in [1.165, 1.54) is 23.1 Å². The maximum absolute atomic E-state index is 14.6. The molecule has 3 heterocycles. The van der Waals surface area contributed by atoms with Gasteiger partial charge in [0.2, 0.25) is 0 Å².